The van der Waals surface area contributed by atoms with Crippen LogP contribution in [0.4, 0.5) is 4.79 Å². The third kappa shape index (κ3) is 3.07. The van der Waals surface area contributed by atoms with E-state index in [1.165, 1.54) is 0 Å². The molecular formula is C21H21N3O3. The molecule has 1 aliphatic heterocycles. The summed E-state index contributed by atoms with van der Waals surface area (Å²) < 4.78 is 0. The van der Waals surface area contributed by atoms with E-state index in [4.69, 9.17) is 0 Å². The quantitative estimate of drug-likeness (QED) is 0.795. The van der Waals surface area contributed by atoms with Crippen molar-refractivity contribution in [1.82, 2.24) is 15.5 Å². The van der Waals surface area contributed by atoms with Gasteiger partial charge in [0.05, 0.1) is 0 Å². The van der Waals surface area contributed by atoms with Crippen LogP contribution in [0.15, 0.2) is 54.6 Å². The Hall–Kier alpha value is -3.15. The number of benzene rings is 2. The Morgan fingerprint density at radius 1 is 1.07 bits per heavy atom. The molecule has 1 atom stereocenters. The summed E-state index contributed by atoms with van der Waals surface area (Å²) in [5.74, 6) is -0.673. The number of urea groups is 1. The SMILES string of the molecule is O=C(CN1C(=O)N[C@]2(CCc3ccccc32)C1=O)NCCc1ccccc1. The van der Waals surface area contributed by atoms with Crippen molar-refractivity contribution in [2.24, 2.45) is 0 Å². The maximum atomic E-state index is 13.0. The average Bonchev–Trinajstić information content (AvgIpc) is 3.16. The number of rotatable bonds is 5. The van der Waals surface area contributed by atoms with Crippen LogP contribution in [-0.4, -0.2) is 35.8 Å². The second-order valence-electron chi connectivity index (χ2n) is 6.97. The number of hydrogen-bond acceptors (Lipinski definition) is 3. The summed E-state index contributed by atoms with van der Waals surface area (Å²) in [6, 6.07) is 17.0. The molecule has 138 valence electrons. The Labute approximate surface area is 157 Å². The molecule has 0 bridgehead atoms. The van der Waals surface area contributed by atoms with Gasteiger partial charge in [-0.2, -0.15) is 0 Å². The zero-order chi connectivity index (χ0) is 18.9. The molecule has 0 unspecified atom stereocenters. The van der Waals surface area contributed by atoms with E-state index in [9.17, 15) is 14.4 Å². The van der Waals surface area contributed by atoms with Gasteiger partial charge in [-0.3, -0.25) is 14.5 Å². The molecule has 27 heavy (non-hydrogen) atoms. The number of fused-ring (bicyclic) bond motifs is 2. The summed E-state index contributed by atoms with van der Waals surface area (Å²) >= 11 is 0. The highest BCUT2D eigenvalue weighted by Crippen LogP contribution is 2.41. The van der Waals surface area contributed by atoms with Gasteiger partial charge in [0.1, 0.15) is 12.1 Å². The van der Waals surface area contributed by atoms with Crippen LogP contribution in [0, 0.1) is 0 Å². The van der Waals surface area contributed by atoms with Crippen LogP contribution in [0.5, 0.6) is 0 Å². The molecule has 6 nitrogen and oxygen atoms in total. The van der Waals surface area contributed by atoms with E-state index >= 15 is 0 Å². The standard InChI is InChI=1S/C21H21N3O3/c25-18(22-13-11-15-6-2-1-3-7-15)14-24-19(26)21(23-20(24)27)12-10-16-8-4-5-9-17(16)21/h1-9H,10-14H2,(H,22,25)(H,23,27)/t21-/m0/s1. The van der Waals surface area contributed by atoms with Crippen molar-refractivity contribution in [2.45, 2.75) is 24.8 Å². The highest BCUT2D eigenvalue weighted by Gasteiger charge is 2.55. The summed E-state index contributed by atoms with van der Waals surface area (Å²) in [6.07, 6.45) is 1.96. The van der Waals surface area contributed by atoms with E-state index in [-0.39, 0.29) is 18.4 Å². The van der Waals surface area contributed by atoms with Crippen LogP contribution in [0.25, 0.3) is 0 Å². The second-order valence-corrected chi connectivity index (χ2v) is 6.97. The van der Waals surface area contributed by atoms with Gasteiger partial charge in [0.25, 0.3) is 5.91 Å². The number of carbonyl (C=O) groups excluding carboxylic acids is 3. The van der Waals surface area contributed by atoms with Crippen molar-refractivity contribution in [3.05, 3.63) is 71.3 Å². The Morgan fingerprint density at radius 2 is 1.81 bits per heavy atom. The highest BCUT2D eigenvalue weighted by molar-refractivity contribution is 6.09. The van der Waals surface area contributed by atoms with Crippen LogP contribution in [-0.2, 0) is 28.0 Å². The van der Waals surface area contributed by atoms with Crippen molar-refractivity contribution in [2.75, 3.05) is 13.1 Å². The van der Waals surface area contributed by atoms with Gasteiger partial charge in [-0.15, -0.1) is 0 Å². The first-order chi connectivity index (χ1) is 13.1. The van der Waals surface area contributed by atoms with E-state index in [1.807, 2.05) is 54.6 Å². The van der Waals surface area contributed by atoms with Gasteiger partial charge in [0.2, 0.25) is 5.91 Å². The number of nitrogens with one attached hydrogen (secondary N) is 2. The third-order valence-corrected chi connectivity index (χ3v) is 5.30. The molecule has 0 aromatic heterocycles. The normalized spacial score (nSPS) is 20.7. The summed E-state index contributed by atoms with van der Waals surface area (Å²) in [6.45, 7) is 0.198. The fraction of sp³-hybridized carbons (Fsp3) is 0.286. The molecule has 1 spiro atoms. The van der Waals surface area contributed by atoms with Crippen LogP contribution < -0.4 is 10.6 Å². The van der Waals surface area contributed by atoms with E-state index in [2.05, 4.69) is 10.6 Å². The Balaban J connectivity index is 1.39. The molecule has 2 N–H and O–H groups in total. The van der Waals surface area contributed by atoms with Crippen molar-refractivity contribution < 1.29 is 14.4 Å². The molecule has 4 amide bonds. The molecule has 6 heteroatoms. The molecule has 2 aromatic carbocycles. The van der Waals surface area contributed by atoms with Crippen molar-refractivity contribution in [3.8, 4) is 0 Å². The lowest BCUT2D eigenvalue weighted by Gasteiger charge is -2.22. The minimum Gasteiger partial charge on any atom is -0.354 e. The number of amides is 4. The number of hydrogen-bond donors (Lipinski definition) is 2. The Morgan fingerprint density at radius 3 is 2.63 bits per heavy atom. The molecule has 1 aliphatic carbocycles. The summed E-state index contributed by atoms with van der Waals surface area (Å²) in [5.41, 5.74) is 2.02. The zero-order valence-electron chi connectivity index (χ0n) is 14.9. The van der Waals surface area contributed by atoms with Gasteiger partial charge in [-0.1, -0.05) is 54.6 Å². The predicted molar refractivity (Wildman–Crippen MR) is 99.8 cm³/mol. The summed E-state index contributed by atoms with van der Waals surface area (Å²) in [4.78, 5) is 38.7. The van der Waals surface area contributed by atoms with Crippen molar-refractivity contribution in [1.29, 1.82) is 0 Å². The molecule has 1 heterocycles. The van der Waals surface area contributed by atoms with Crippen molar-refractivity contribution >= 4 is 17.8 Å². The van der Waals surface area contributed by atoms with E-state index < -0.39 is 11.6 Å². The summed E-state index contributed by atoms with van der Waals surface area (Å²) in [5, 5.41) is 5.61. The number of imide groups is 1. The minimum atomic E-state index is -1.02. The maximum absolute atomic E-state index is 13.0. The lowest BCUT2D eigenvalue weighted by molar-refractivity contribution is -0.135. The van der Waals surface area contributed by atoms with Gasteiger partial charge >= 0.3 is 6.03 Å². The highest BCUT2D eigenvalue weighted by atomic mass is 16.2. The van der Waals surface area contributed by atoms with Crippen molar-refractivity contribution in [3.63, 3.8) is 0 Å². The van der Waals surface area contributed by atoms with Gasteiger partial charge < -0.3 is 10.6 Å². The third-order valence-electron chi connectivity index (χ3n) is 5.30. The first kappa shape index (κ1) is 17.3. The predicted octanol–water partition coefficient (Wildman–Crippen LogP) is 1.74. The zero-order valence-corrected chi connectivity index (χ0v) is 14.9. The number of nitrogens with zero attached hydrogens (tertiary/aromatic N) is 1. The van der Waals surface area contributed by atoms with Crippen LogP contribution in [0.3, 0.4) is 0 Å². The van der Waals surface area contributed by atoms with Crippen LogP contribution >= 0.6 is 0 Å². The average molecular weight is 363 g/mol. The summed E-state index contributed by atoms with van der Waals surface area (Å²) in [7, 11) is 0. The fourth-order valence-electron chi connectivity index (χ4n) is 3.92. The van der Waals surface area contributed by atoms with Gasteiger partial charge in [0, 0.05) is 6.54 Å². The van der Waals surface area contributed by atoms with Crippen LogP contribution in [0.1, 0.15) is 23.1 Å². The molecule has 4 rings (SSSR count). The van der Waals surface area contributed by atoms with E-state index in [1.54, 1.807) is 0 Å². The molecule has 1 fully saturated rings. The molecule has 2 aromatic rings. The maximum Gasteiger partial charge on any atom is 0.325 e. The monoisotopic (exact) mass is 363 g/mol. The molecule has 1 saturated heterocycles. The first-order valence-electron chi connectivity index (χ1n) is 9.13. The lowest BCUT2D eigenvalue weighted by Crippen LogP contribution is -2.44. The Kier molecular flexibility index (Phi) is 4.39. The smallest absolute Gasteiger partial charge is 0.325 e. The van der Waals surface area contributed by atoms with Crippen LogP contribution in [0.2, 0.25) is 0 Å². The minimum absolute atomic E-state index is 0.261. The number of aryl methyl sites for hydroxylation is 1. The Bertz CT molecular complexity index is 897. The van der Waals surface area contributed by atoms with E-state index in [0.29, 0.717) is 19.4 Å². The molecule has 0 saturated carbocycles. The molecule has 0 radical (unpaired) electrons. The van der Waals surface area contributed by atoms with E-state index in [0.717, 1.165) is 28.0 Å². The van der Waals surface area contributed by atoms with Gasteiger partial charge in [-0.05, 0) is 36.0 Å². The lowest BCUT2D eigenvalue weighted by atomic mass is 9.92. The first-order valence-corrected chi connectivity index (χ1v) is 9.13. The van der Waals surface area contributed by atoms with Gasteiger partial charge in [0.15, 0.2) is 0 Å². The fourth-order valence-corrected chi connectivity index (χ4v) is 3.92. The van der Waals surface area contributed by atoms with Gasteiger partial charge in [-0.25, -0.2) is 4.79 Å². The number of carbonyl (C=O) groups is 3. The largest absolute Gasteiger partial charge is 0.354 e. The second kappa shape index (κ2) is 6.87. The molecular weight excluding hydrogens is 342 g/mol. The topological polar surface area (TPSA) is 78.5 Å². The molecule has 2 aliphatic rings.